The molecule has 1 saturated heterocycles. The molecule has 0 amide bonds. The summed E-state index contributed by atoms with van der Waals surface area (Å²) in [7, 11) is 0. The van der Waals surface area contributed by atoms with Gasteiger partial charge in [-0.05, 0) is 19.1 Å². The lowest BCUT2D eigenvalue weighted by molar-refractivity contribution is -0.0543. The summed E-state index contributed by atoms with van der Waals surface area (Å²) < 4.78 is 5.21. The summed E-state index contributed by atoms with van der Waals surface area (Å²) >= 11 is 0. The minimum absolute atomic E-state index is 0.232. The van der Waals surface area contributed by atoms with Gasteiger partial charge in [-0.25, -0.2) is 4.79 Å². The molecular formula is C14H19NO4. The average molecular weight is 265 g/mol. The third-order valence-corrected chi connectivity index (χ3v) is 3.44. The summed E-state index contributed by atoms with van der Waals surface area (Å²) in [5, 5.41) is 22.5. The van der Waals surface area contributed by atoms with Crippen molar-refractivity contribution in [3.8, 4) is 0 Å². The molecule has 5 nitrogen and oxygen atoms in total. The van der Waals surface area contributed by atoms with E-state index in [4.69, 9.17) is 9.84 Å². The third kappa shape index (κ3) is 3.45. The number of aromatic carboxylic acids is 1. The molecule has 0 bridgehead atoms. The molecule has 104 valence electrons. The Morgan fingerprint density at radius 2 is 2.11 bits per heavy atom. The number of anilines is 1. The number of rotatable bonds is 4. The molecule has 5 heteroatoms. The van der Waals surface area contributed by atoms with Crippen LogP contribution in [0.4, 0.5) is 5.69 Å². The largest absolute Gasteiger partial charge is 0.478 e. The van der Waals surface area contributed by atoms with Crippen molar-refractivity contribution >= 4 is 11.7 Å². The lowest BCUT2D eigenvalue weighted by Gasteiger charge is -2.32. The molecule has 0 aromatic heterocycles. The van der Waals surface area contributed by atoms with Crippen LogP contribution in [-0.4, -0.2) is 41.5 Å². The van der Waals surface area contributed by atoms with Crippen LogP contribution in [0.25, 0.3) is 0 Å². The van der Waals surface area contributed by atoms with E-state index in [9.17, 15) is 9.90 Å². The summed E-state index contributed by atoms with van der Waals surface area (Å²) in [5.41, 5.74) is 0.847. The molecule has 1 aromatic rings. The van der Waals surface area contributed by atoms with Gasteiger partial charge in [0.15, 0.2) is 0 Å². The van der Waals surface area contributed by atoms with Gasteiger partial charge in [0, 0.05) is 38.3 Å². The van der Waals surface area contributed by atoms with Gasteiger partial charge in [0.1, 0.15) is 0 Å². The summed E-state index contributed by atoms with van der Waals surface area (Å²) in [6.45, 7) is 3.26. The fraction of sp³-hybridized carbons (Fsp3) is 0.500. The van der Waals surface area contributed by atoms with Crippen LogP contribution < -0.4 is 5.32 Å². The predicted octanol–water partition coefficient (Wildman–Crippen LogP) is 1.65. The molecule has 0 spiro atoms. The van der Waals surface area contributed by atoms with E-state index in [0.717, 1.165) is 5.56 Å². The highest BCUT2D eigenvalue weighted by Crippen LogP contribution is 2.23. The molecule has 0 radical (unpaired) electrons. The highest BCUT2D eigenvalue weighted by Gasteiger charge is 2.29. The van der Waals surface area contributed by atoms with Gasteiger partial charge < -0.3 is 20.3 Å². The van der Waals surface area contributed by atoms with Gasteiger partial charge in [-0.15, -0.1) is 0 Å². The van der Waals surface area contributed by atoms with Crippen LogP contribution in [0.5, 0.6) is 0 Å². The number of benzene rings is 1. The zero-order chi connectivity index (χ0) is 13.9. The van der Waals surface area contributed by atoms with Crippen molar-refractivity contribution in [2.75, 3.05) is 25.1 Å². The van der Waals surface area contributed by atoms with E-state index < -0.39 is 11.6 Å². The van der Waals surface area contributed by atoms with Crippen LogP contribution in [0.3, 0.4) is 0 Å². The van der Waals surface area contributed by atoms with Crippen LogP contribution in [0, 0.1) is 6.92 Å². The topological polar surface area (TPSA) is 78.8 Å². The predicted molar refractivity (Wildman–Crippen MR) is 71.6 cm³/mol. The first-order valence-electron chi connectivity index (χ1n) is 6.38. The molecule has 1 fully saturated rings. The Labute approximate surface area is 112 Å². The Morgan fingerprint density at radius 1 is 1.42 bits per heavy atom. The number of carboxylic acids is 1. The molecule has 1 aliphatic heterocycles. The standard InChI is InChI=1S/C14H19NO4/c1-10-2-3-12(11(8-10)13(16)17)15-9-14(18)4-6-19-7-5-14/h2-3,8,15,18H,4-7,9H2,1H3,(H,16,17). The Morgan fingerprint density at radius 3 is 2.74 bits per heavy atom. The average Bonchev–Trinajstić information content (AvgIpc) is 2.38. The maximum absolute atomic E-state index is 11.2. The number of ether oxygens (including phenoxy) is 1. The highest BCUT2D eigenvalue weighted by atomic mass is 16.5. The van der Waals surface area contributed by atoms with Crippen LogP contribution in [0.2, 0.25) is 0 Å². The summed E-state index contributed by atoms with van der Waals surface area (Å²) in [6.07, 6.45) is 1.13. The molecule has 0 saturated carbocycles. The second kappa shape index (κ2) is 5.59. The third-order valence-electron chi connectivity index (χ3n) is 3.44. The van der Waals surface area contributed by atoms with E-state index in [1.165, 1.54) is 0 Å². The van der Waals surface area contributed by atoms with Gasteiger partial charge in [-0.3, -0.25) is 0 Å². The summed E-state index contributed by atoms with van der Waals surface area (Å²) in [5.74, 6) is -0.967. The van der Waals surface area contributed by atoms with E-state index in [0.29, 0.717) is 38.3 Å². The van der Waals surface area contributed by atoms with E-state index in [1.807, 2.05) is 13.0 Å². The summed E-state index contributed by atoms with van der Waals surface area (Å²) in [6, 6.07) is 5.21. The van der Waals surface area contributed by atoms with Crippen molar-refractivity contribution in [3.63, 3.8) is 0 Å². The monoisotopic (exact) mass is 265 g/mol. The number of aryl methyl sites for hydroxylation is 1. The van der Waals surface area contributed by atoms with E-state index in [1.54, 1.807) is 12.1 Å². The molecular weight excluding hydrogens is 246 g/mol. The molecule has 0 atom stereocenters. The van der Waals surface area contributed by atoms with Crippen LogP contribution in [0.1, 0.15) is 28.8 Å². The van der Waals surface area contributed by atoms with Crippen molar-refractivity contribution in [1.82, 2.24) is 0 Å². The molecule has 0 aliphatic carbocycles. The van der Waals surface area contributed by atoms with Gasteiger partial charge in [-0.2, -0.15) is 0 Å². The number of hydrogen-bond acceptors (Lipinski definition) is 4. The number of aliphatic hydroxyl groups is 1. The molecule has 1 aliphatic rings. The maximum Gasteiger partial charge on any atom is 0.337 e. The molecule has 1 aromatic carbocycles. The van der Waals surface area contributed by atoms with Crippen molar-refractivity contribution in [2.45, 2.75) is 25.4 Å². The van der Waals surface area contributed by atoms with Crippen molar-refractivity contribution in [2.24, 2.45) is 0 Å². The van der Waals surface area contributed by atoms with Crippen LogP contribution >= 0.6 is 0 Å². The van der Waals surface area contributed by atoms with Gasteiger partial charge in [0.05, 0.1) is 11.2 Å². The van der Waals surface area contributed by atoms with Crippen molar-refractivity contribution < 1.29 is 19.7 Å². The van der Waals surface area contributed by atoms with Crippen LogP contribution in [-0.2, 0) is 4.74 Å². The van der Waals surface area contributed by atoms with E-state index >= 15 is 0 Å². The number of nitrogens with one attached hydrogen (secondary N) is 1. The smallest absolute Gasteiger partial charge is 0.337 e. The normalized spacial score (nSPS) is 18.0. The molecule has 0 unspecified atom stereocenters. The molecule has 19 heavy (non-hydrogen) atoms. The van der Waals surface area contributed by atoms with Gasteiger partial charge in [0.2, 0.25) is 0 Å². The molecule has 2 rings (SSSR count). The zero-order valence-electron chi connectivity index (χ0n) is 11.0. The van der Waals surface area contributed by atoms with Gasteiger partial charge >= 0.3 is 5.97 Å². The zero-order valence-corrected chi connectivity index (χ0v) is 11.0. The minimum atomic E-state index is -0.967. The maximum atomic E-state index is 11.2. The lowest BCUT2D eigenvalue weighted by atomic mass is 9.94. The van der Waals surface area contributed by atoms with Crippen LogP contribution in [0.15, 0.2) is 18.2 Å². The SMILES string of the molecule is Cc1ccc(NCC2(O)CCOCC2)c(C(=O)O)c1. The second-order valence-corrected chi connectivity index (χ2v) is 5.04. The first kappa shape index (κ1) is 13.8. The highest BCUT2D eigenvalue weighted by molar-refractivity contribution is 5.94. The van der Waals surface area contributed by atoms with Crippen molar-refractivity contribution in [1.29, 1.82) is 0 Å². The molecule has 1 heterocycles. The Hall–Kier alpha value is -1.59. The first-order chi connectivity index (χ1) is 9.00. The fourth-order valence-electron chi connectivity index (χ4n) is 2.18. The number of carbonyl (C=O) groups is 1. The number of hydrogen-bond donors (Lipinski definition) is 3. The second-order valence-electron chi connectivity index (χ2n) is 5.04. The quantitative estimate of drug-likeness (QED) is 0.771. The Kier molecular flexibility index (Phi) is 4.07. The van der Waals surface area contributed by atoms with Gasteiger partial charge in [-0.1, -0.05) is 11.6 Å². The fourth-order valence-corrected chi connectivity index (χ4v) is 2.18. The van der Waals surface area contributed by atoms with E-state index in [-0.39, 0.29) is 5.56 Å². The van der Waals surface area contributed by atoms with E-state index in [2.05, 4.69) is 5.32 Å². The van der Waals surface area contributed by atoms with Crippen molar-refractivity contribution in [3.05, 3.63) is 29.3 Å². The van der Waals surface area contributed by atoms with Gasteiger partial charge in [0.25, 0.3) is 0 Å². The first-order valence-corrected chi connectivity index (χ1v) is 6.38. The Balaban J connectivity index is 2.08. The Bertz CT molecular complexity index is 467. The minimum Gasteiger partial charge on any atom is -0.478 e. The number of carboxylic acid groups (broad SMARTS) is 1. The molecule has 3 N–H and O–H groups in total. The lowest BCUT2D eigenvalue weighted by Crippen LogP contribution is -2.42. The summed E-state index contributed by atoms with van der Waals surface area (Å²) in [4.78, 5) is 11.2.